The summed E-state index contributed by atoms with van der Waals surface area (Å²) in [6.45, 7) is 0.148. The van der Waals surface area contributed by atoms with Crippen LogP contribution in [0.4, 0.5) is 10.5 Å². The summed E-state index contributed by atoms with van der Waals surface area (Å²) in [6.07, 6.45) is 1.33. The number of hydrogen-bond donors (Lipinski definition) is 2. The van der Waals surface area contributed by atoms with Crippen molar-refractivity contribution in [2.45, 2.75) is 24.9 Å². The average Bonchev–Trinajstić information content (AvgIpc) is 3.33. The fraction of sp³-hybridized carbons (Fsp3) is 0.192. The minimum Gasteiger partial charge on any atom is -0.497 e. The second-order valence-electron chi connectivity index (χ2n) is 8.26. The Bertz CT molecular complexity index is 1240. The molecule has 0 radical (unpaired) electrons. The van der Waals surface area contributed by atoms with Gasteiger partial charge in [0.25, 0.3) is 11.8 Å². The van der Waals surface area contributed by atoms with Gasteiger partial charge in [0.15, 0.2) is 0 Å². The summed E-state index contributed by atoms with van der Waals surface area (Å²) in [5.74, 6) is 0.239. The lowest BCUT2D eigenvalue weighted by Gasteiger charge is -2.22. The molecule has 7 heteroatoms. The van der Waals surface area contributed by atoms with Crippen LogP contribution in [0.5, 0.6) is 5.75 Å². The maximum Gasteiger partial charge on any atom is 0.325 e. The summed E-state index contributed by atoms with van der Waals surface area (Å²) in [7, 11) is 1.58. The number of ether oxygens (including phenoxy) is 1. The molecule has 1 heterocycles. The van der Waals surface area contributed by atoms with Gasteiger partial charge in [0, 0.05) is 11.3 Å². The first-order valence-electron chi connectivity index (χ1n) is 10.8. The Labute approximate surface area is 191 Å². The maximum absolute atomic E-state index is 13.3. The van der Waals surface area contributed by atoms with Crippen molar-refractivity contribution in [2.24, 2.45) is 0 Å². The first kappa shape index (κ1) is 20.8. The zero-order valence-electron chi connectivity index (χ0n) is 18.1. The highest BCUT2D eigenvalue weighted by atomic mass is 16.5. The lowest BCUT2D eigenvalue weighted by Crippen LogP contribution is -2.41. The molecule has 1 saturated heterocycles. The fourth-order valence-electron chi connectivity index (χ4n) is 4.55. The molecule has 4 amide bonds. The van der Waals surface area contributed by atoms with Gasteiger partial charge in [-0.05, 0) is 65.9 Å². The predicted octanol–water partition coefficient (Wildman–Crippen LogP) is 3.84. The number of amides is 4. The molecule has 0 saturated carbocycles. The van der Waals surface area contributed by atoms with Gasteiger partial charge < -0.3 is 15.4 Å². The molecule has 0 bridgehead atoms. The van der Waals surface area contributed by atoms with E-state index in [1.165, 1.54) is 4.90 Å². The molecule has 166 valence electrons. The molecule has 1 spiro atoms. The Morgan fingerprint density at radius 3 is 2.48 bits per heavy atom. The number of nitrogens with zero attached hydrogens (tertiary/aromatic N) is 1. The van der Waals surface area contributed by atoms with Gasteiger partial charge in [-0.2, -0.15) is 0 Å². The zero-order valence-corrected chi connectivity index (χ0v) is 18.1. The summed E-state index contributed by atoms with van der Waals surface area (Å²) in [4.78, 5) is 39.8. The summed E-state index contributed by atoms with van der Waals surface area (Å²) >= 11 is 0. The van der Waals surface area contributed by atoms with Crippen molar-refractivity contribution < 1.29 is 19.1 Å². The molecule has 1 atom stereocenters. The van der Waals surface area contributed by atoms with Crippen LogP contribution in [0.2, 0.25) is 0 Å². The summed E-state index contributed by atoms with van der Waals surface area (Å²) in [6, 6.07) is 21.3. The second-order valence-corrected chi connectivity index (χ2v) is 8.26. The van der Waals surface area contributed by atoms with E-state index < -0.39 is 11.6 Å². The van der Waals surface area contributed by atoms with Crippen LogP contribution in [0.25, 0.3) is 0 Å². The van der Waals surface area contributed by atoms with Crippen LogP contribution >= 0.6 is 0 Å². The number of benzene rings is 3. The van der Waals surface area contributed by atoms with Gasteiger partial charge in [-0.15, -0.1) is 0 Å². The summed E-state index contributed by atoms with van der Waals surface area (Å²) < 4.78 is 5.12. The first-order chi connectivity index (χ1) is 16.0. The first-order valence-corrected chi connectivity index (χ1v) is 10.8. The van der Waals surface area contributed by atoms with Crippen LogP contribution in [0.3, 0.4) is 0 Å². The Morgan fingerprint density at radius 1 is 1.03 bits per heavy atom. The highest BCUT2D eigenvalue weighted by Crippen LogP contribution is 2.41. The van der Waals surface area contributed by atoms with E-state index in [0.717, 1.165) is 23.1 Å². The van der Waals surface area contributed by atoms with Crippen LogP contribution < -0.4 is 15.4 Å². The largest absolute Gasteiger partial charge is 0.497 e. The van der Waals surface area contributed by atoms with E-state index in [9.17, 15) is 14.4 Å². The average molecular weight is 441 g/mol. The lowest BCUT2D eigenvalue weighted by molar-refractivity contribution is -0.132. The quantitative estimate of drug-likeness (QED) is 0.589. The fourth-order valence-corrected chi connectivity index (χ4v) is 4.55. The number of fused-ring (bicyclic) bond motifs is 2. The Balaban J connectivity index is 1.28. The second kappa shape index (κ2) is 8.09. The number of carbonyl (C=O) groups is 3. The monoisotopic (exact) mass is 441 g/mol. The third-order valence-electron chi connectivity index (χ3n) is 6.33. The number of nitrogens with one attached hydrogen (secondary N) is 2. The van der Waals surface area contributed by atoms with E-state index in [1.54, 1.807) is 55.6 Å². The highest BCUT2D eigenvalue weighted by Gasteiger charge is 2.55. The maximum atomic E-state index is 13.3. The molecule has 7 nitrogen and oxygen atoms in total. The Kier molecular flexibility index (Phi) is 5.09. The van der Waals surface area contributed by atoms with Crippen molar-refractivity contribution in [3.63, 3.8) is 0 Å². The van der Waals surface area contributed by atoms with Crippen molar-refractivity contribution >= 4 is 23.5 Å². The minimum atomic E-state index is -0.966. The molecule has 3 aromatic carbocycles. The molecule has 5 rings (SSSR count). The van der Waals surface area contributed by atoms with E-state index in [4.69, 9.17) is 4.74 Å². The zero-order chi connectivity index (χ0) is 23.0. The van der Waals surface area contributed by atoms with Gasteiger partial charge in [0.1, 0.15) is 11.3 Å². The highest BCUT2D eigenvalue weighted by molar-refractivity contribution is 6.08. The van der Waals surface area contributed by atoms with Gasteiger partial charge in [-0.1, -0.05) is 36.4 Å². The molecule has 1 fully saturated rings. The molecule has 2 aliphatic rings. The van der Waals surface area contributed by atoms with Gasteiger partial charge in [-0.25, -0.2) is 4.79 Å². The standard InChI is InChI=1S/C26H23N3O4/c1-33-21-12-10-20(11-13-21)27-23(30)19-8-6-17(7-9-19)16-29-24(31)26(28-25(29)32)15-14-18-4-2-3-5-22(18)26/h2-13H,14-16H2,1H3,(H,27,30)(H,28,32)/t26-/m1/s1. The molecule has 33 heavy (non-hydrogen) atoms. The number of imide groups is 1. The summed E-state index contributed by atoms with van der Waals surface area (Å²) in [5.41, 5.74) is 2.92. The predicted molar refractivity (Wildman–Crippen MR) is 123 cm³/mol. The SMILES string of the molecule is COc1ccc(NC(=O)c2ccc(CN3C(=O)N[C@@]4(CCc5ccccc54)C3=O)cc2)cc1. The number of hydrogen-bond acceptors (Lipinski definition) is 4. The molecule has 1 aliphatic carbocycles. The van der Waals surface area contributed by atoms with Crippen molar-refractivity contribution in [3.8, 4) is 5.75 Å². The molecule has 0 aromatic heterocycles. The van der Waals surface area contributed by atoms with Crippen LogP contribution in [0.1, 0.15) is 33.5 Å². The molecule has 2 N–H and O–H groups in total. The van der Waals surface area contributed by atoms with Gasteiger partial charge in [0.2, 0.25) is 0 Å². The number of aryl methyl sites for hydroxylation is 1. The van der Waals surface area contributed by atoms with Crippen LogP contribution in [0, 0.1) is 0 Å². The van der Waals surface area contributed by atoms with Crippen molar-refractivity contribution in [1.82, 2.24) is 10.2 Å². The third-order valence-corrected chi connectivity index (χ3v) is 6.33. The molecule has 1 aliphatic heterocycles. The molecule has 3 aromatic rings. The van der Waals surface area contributed by atoms with Crippen LogP contribution in [0.15, 0.2) is 72.8 Å². The molecular formula is C26H23N3O4. The number of rotatable bonds is 5. The minimum absolute atomic E-state index is 0.148. The van der Waals surface area contributed by atoms with Gasteiger partial charge in [0.05, 0.1) is 13.7 Å². The van der Waals surface area contributed by atoms with E-state index in [-0.39, 0.29) is 18.4 Å². The number of anilines is 1. The Hall–Kier alpha value is -4.13. The van der Waals surface area contributed by atoms with E-state index in [0.29, 0.717) is 23.4 Å². The van der Waals surface area contributed by atoms with E-state index in [2.05, 4.69) is 10.6 Å². The van der Waals surface area contributed by atoms with E-state index in [1.807, 2.05) is 24.3 Å². The third kappa shape index (κ3) is 3.61. The smallest absolute Gasteiger partial charge is 0.325 e. The van der Waals surface area contributed by atoms with E-state index >= 15 is 0 Å². The lowest BCUT2D eigenvalue weighted by atomic mass is 9.92. The summed E-state index contributed by atoms with van der Waals surface area (Å²) in [5, 5.41) is 5.77. The topological polar surface area (TPSA) is 87.7 Å². The molecule has 0 unspecified atom stereocenters. The van der Waals surface area contributed by atoms with Gasteiger partial charge >= 0.3 is 6.03 Å². The van der Waals surface area contributed by atoms with Gasteiger partial charge in [-0.3, -0.25) is 14.5 Å². The molecular weight excluding hydrogens is 418 g/mol. The van der Waals surface area contributed by atoms with Crippen LogP contribution in [-0.2, 0) is 23.3 Å². The van der Waals surface area contributed by atoms with Crippen molar-refractivity contribution in [1.29, 1.82) is 0 Å². The number of carbonyl (C=O) groups excluding carboxylic acids is 3. The van der Waals surface area contributed by atoms with Crippen molar-refractivity contribution in [2.75, 3.05) is 12.4 Å². The normalized spacial score (nSPS) is 18.9. The Morgan fingerprint density at radius 2 is 1.76 bits per heavy atom. The number of urea groups is 1. The van der Waals surface area contributed by atoms with Crippen molar-refractivity contribution in [3.05, 3.63) is 95.1 Å². The number of methoxy groups -OCH3 is 1. The van der Waals surface area contributed by atoms with Crippen LogP contribution in [-0.4, -0.2) is 29.9 Å².